The maximum absolute atomic E-state index is 13.3. The summed E-state index contributed by atoms with van der Waals surface area (Å²) in [6.07, 6.45) is 1.60. The first-order chi connectivity index (χ1) is 14.9. The number of carbonyl (C=O) groups is 3. The van der Waals surface area contributed by atoms with Gasteiger partial charge < -0.3 is 23.7 Å². The standard InChI is InChI=1S/C22H29NO8/c1-22(9-11-2-3-12(22)8-11)31-21(26)15-14-16-19(30-20(14)25)18(17(15)29-16)28-13(24)10-23-4-6-27-7-5-23/h11-12,14-19H,2-10H2,1H3. The van der Waals surface area contributed by atoms with Gasteiger partial charge in [0.05, 0.1) is 19.8 Å². The molecular formula is C22H29NO8. The van der Waals surface area contributed by atoms with Gasteiger partial charge in [0, 0.05) is 13.1 Å². The van der Waals surface area contributed by atoms with Crippen LogP contribution in [0.2, 0.25) is 0 Å². The van der Waals surface area contributed by atoms with Crippen molar-refractivity contribution < 1.29 is 38.1 Å². The van der Waals surface area contributed by atoms with Crippen LogP contribution in [-0.2, 0) is 38.1 Å². The molecule has 4 aliphatic heterocycles. The Morgan fingerprint density at radius 2 is 1.97 bits per heavy atom. The molecule has 9 atom stereocenters. The van der Waals surface area contributed by atoms with Crippen LogP contribution in [0.5, 0.6) is 0 Å². The molecule has 0 amide bonds. The van der Waals surface area contributed by atoms with Crippen LogP contribution in [0, 0.1) is 23.7 Å². The van der Waals surface area contributed by atoms with Crippen LogP contribution in [0.15, 0.2) is 0 Å². The molecular weight excluding hydrogens is 406 g/mol. The van der Waals surface area contributed by atoms with Crippen molar-refractivity contribution in [2.45, 2.75) is 62.6 Å². The molecule has 2 saturated carbocycles. The number of rotatable bonds is 5. The van der Waals surface area contributed by atoms with Crippen LogP contribution >= 0.6 is 0 Å². The van der Waals surface area contributed by atoms with Crippen molar-refractivity contribution in [3.8, 4) is 0 Å². The third kappa shape index (κ3) is 3.11. The van der Waals surface area contributed by atoms with E-state index in [0.29, 0.717) is 38.1 Å². The van der Waals surface area contributed by atoms with Crippen molar-refractivity contribution in [3.05, 3.63) is 0 Å². The van der Waals surface area contributed by atoms with Crippen LogP contribution in [0.4, 0.5) is 0 Å². The highest BCUT2D eigenvalue weighted by molar-refractivity contribution is 5.87. The zero-order chi connectivity index (χ0) is 21.3. The Morgan fingerprint density at radius 1 is 1.16 bits per heavy atom. The quantitative estimate of drug-likeness (QED) is 0.445. The average Bonchev–Trinajstić information content (AvgIpc) is 3.50. The highest BCUT2D eigenvalue weighted by Crippen LogP contribution is 2.55. The van der Waals surface area contributed by atoms with E-state index in [-0.39, 0.29) is 6.54 Å². The van der Waals surface area contributed by atoms with E-state index in [1.54, 1.807) is 0 Å². The zero-order valence-corrected chi connectivity index (χ0v) is 17.7. The third-order valence-electron chi connectivity index (χ3n) is 8.33. The first kappa shape index (κ1) is 19.9. The van der Waals surface area contributed by atoms with Crippen molar-refractivity contribution in [1.29, 1.82) is 0 Å². The maximum atomic E-state index is 13.3. The van der Waals surface area contributed by atoms with Gasteiger partial charge in [-0.25, -0.2) is 0 Å². The molecule has 170 valence electrons. The van der Waals surface area contributed by atoms with E-state index in [2.05, 4.69) is 0 Å². The highest BCUT2D eigenvalue weighted by Gasteiger charge is 2.72. The molecule has 9 heteroatoms. The summed E-state index contributed by atoms with van der Waals surface area (Å²) in [4.78, 5) is 40.3. The summed E-state index contributed by atoms with van der Waals surface area (Å²) in [6.45, 7) is 4.65. The van der Waals surface area contributed by atoms with Gasteiger partial charge >= 0.3 is 17.9 Å². The van der Waals surface area contributed by atoms with Gasteiger partial charge in [-0.15, -0.1) is 0 Å². The molecule has 31 heavy (non-hydrogen) atoms. The van der Waals surface area contributed by atoms with Crippen molar-refractivity contribution in [3.63, 3.8) is 0 Å². The molecule has 4 heterocycles. The fourth-order valence-corrected chi connectivity index (χ4v) is 6.85. The maximum Gasteiger partial charge on any atom is 0.320 e. The Morgan fingerprint density at radius 3 is 2.68 bits per heavy atom. The van der Waals surface area contributed by atoms with E-state index in [1.165, 1.54) is 6.42 Å². The molecule has 6 fully saturated rings. The molecule has 0 spiro atoms. The van der Waals surface area contributed by atoms with Crippen LogP contribution in [0.1, 0.15) is 32.6 Å². The number of ether oxygens (including phenoxy) is 5. The minimum Gasteiger partial charge on any atom is -0.459 e. The van der Waals surface area contributed by atoms with Gasteiger partial charge in [-0.05, 0) is 44.4 Å². The first-order valence-electron chi connectivity index (χ1n) is 11.5. The van der Waals surface area contributed by atoms with E-state index in [4.69, 9.17) is 23.7 Å². The predicted molar refractivity (Wildman–Crippen MR) is 103 cm³/mol. The summed E-state index contributed by atoms with van der Waals surface area (Å²) in [5, 5.41) is 0. The number of fused-ring (bicyclic) bond motifs is 3. The number of esters is 3. The Kier molecular flexibility index (Phi) is 4.60. The van der Waals surface area contributed by atoms with Gasteiger partial charge in [-0.2, -0.15) is 0 Å². The van der Waals surface area contributed by atoms with E-state index in [0.717, 1.165) is 19.3 Å². The molecule has 6 rings (SSSR count). The molecule has 0 radical (unpaired) electrons. The van der Waals surface area contributed by atoms with Crippen LogP contribution in [0.3, 0.4) is 0 Å². The second-order valence-corrected chi connectivity index (χ2v) is 10.2. The van der Waals surface area contributed by atoms with E-state index in [9.17, 15) is 14.4 Å². The van der Waals surface area contributed by atoms with Crippen LogP contribution in [0.25, 0.3) is 0 Å². The van der Waals surface area contributed by atoms with Crippen molar-refractivity contribution in [2.24, 2.45) is 23.7 Å². The molecule has 4 bridgehead atoms. The largest absolute Gasteiger partial charge is 0.459 e. The lowest BCUT2D eigenvalue weighted by molar-refractivity contribution is -0.176. The number of hydrogen-bond donors (Lipinski definition) is 0. The number of hydrogen-bond acceptors (Lipinski definition) is 9. The second kappa shape index (κ2) is 7.15. The number of nitrogens with zero attached hydrogens (tertiary/aromatic N) is 1. The van der Waals surface area contributed by atoms with Gasteiger partial charge in [0.1, 0.15) is 29.6 Å². The topological polar surface area (TPSA) is 101 Å². The monoisotopic (exact) mass is 435 g/mol. The van der Waals surface area contributed by atoms with Crippen molar-refractivity contribution in [1.82, 2.24) is 4.90 Å². The average molecular weight is 435 g/mol. The summed E-state index contributed by atoms with van der Waals surface area (Å²) < 4.78 is 28.5. The second-order valence-electron chi connectivity index (χ2n) is 10.2. The van der Waals surface area contributed by atoms with Gasteiger partial charge in [0.25, 0.3) is 0 Å². The van der Waals surface area contributed by atoms with Gasteiger partial charge in [-0.3, -0.25) is 19.3 Å². The Bertz CT molecular complexity index is 796. The fourth-order valence-electron chi connectivity index (χ4n) is 6.85. The lowest BCUT2D eigenvalue weighted by atomic mass is 9.78. The summed E-state index contributed by atoms with van der Waals surface area (Å²) in [6, 6.07) is 0. The number of carbonyl (C=O) groups excluding carboxylic acids is 3. The molecule has 0 aromatic rings. The van der Waals surface area contributed by atoms with Crippen LogP contribution in [-0.4, -0.2) is 85.7 Å². The highest BCUT2D eigenvalue weighted by atomic mass is 16.7. The normalized spacial score (nSPS) is 47.6. The predicted octanol–water partition coefficient (Wildman–Crippen LogP) is 0.291. The van der Waals surface area contributed by atoms with Crippen molar-refractivity contribution >= 4 is 17.9 Å². The summed E-state index contributed by atoms with van der Waals surface area (Å²) in [5.74, 6) is -1.73. The Balaban J connectivity index is 1.16. The molecule has 9 nitrogen and oxygen atoms in total. The van der Waals surface area contributed by atoms with Crippen LogP contribution < -0.4 is 0 Å². The first-order valence-corrected chi connectivity index (χ1v) is 11.5. The fraction of sp³-hybridized carbons (Fsp3) is 0.864. The molecule has 6 aliphatic rings. The molecule has 0 aromatic carbocycles. The lowest BCUT2D eigenvalue weighted by Crippen LogP contribution is -2.51. The van der Waals surface area contributed by atoms with Crippen molar-refractivity contribution in [2.75, 3.05) is 32.8 Å². The van der Waals surface area contributed by atoms with Gasteiger partial charge in [0.2, 0.25) is 0 Å². The van der Waals surface area contributed by atoms with E-state index < -0.39 is 59.8 Å². The summed E-state index contributed by atoms with van der Waals surface area (Å²) in [7, 11) is 0. The van der Waals surface area contributed by atoms with E-state index in [1.807, 2.05) is 11.8 Å². The molecule has 0 N–H and O–H groups in total. The summed E-state index contributed by atoms with van der Waals surface area (Å²) >= 11 is 0. The lowest BCUT2D eigenvalue weighted by Gasteiger charge is -2.36. The van der Waals surface area contributed by atoms with Gasteiger partial charge in [0.15, 0.2) is 12.2 Å². The summed E-state index contributed by atoms with van der Waals surface area (Å²) in [5.41, 5.74) is -0.480. The SMILES string of the molecule is CC1(OC(=O)C2C3OC4C(OC(=O)C42)C3OC(=O)CN2CCOCC2)CC2CCC1C2. The molecule has 4 saturated heterocycles. The number of morpholine rings is 1. The molecule has 0 aromatic heterocycles. The van der Waals surface area contributed by atoms with E-state index >= 15 is 0 Å². The molecule has 2 aliphatic carbocycles. The Labute approximate surface area is 180 Å². The smallest absolute Gasteiger partial charge is 0.320 e. The zero-order valence-electron chi connectivity index (χ0n) is 17.7. The third-order valence-corrected chi connectivity index (χ3v) is 8.33. The molecule has 9 unspecified atom stereocenters. The van der Waals surface area contributed by atoms with Gasteiger partial charge in [-0.1, -0.05) is 0 Å². The minimum absolute atomic E-state index is 0.137. The minimum atomic E-state index is -0.784. The Hall–Kier alpha value is -1.71.